The van der Waals surface area contributed by atoms with Crippen molar-refractivity contribution >= 4 is 11.2 Å². The van der Waals surface area contributed by atoms with Gasteiger partial charge in [-0.2, -0.15) is 0 Å². The zero-order valence-corrected chi connectivity index (χ0v) is 10.4. The molecular weight excluding hydrogens is 250 g/mol. The second kappa shape index (κ2) is 4.41. The Kier molecular flexibility index (Phi) is 2.85. The molecule has 3 heterocycles. The molecule has 0 saturated carbocycles. The fourth-order valence-electron chi connectivity index (χ4n) is 2.28. The van der Waals surface area contributed by atoms with Crippen molar-refractivity contribution in [2.45, 2.75) is 24.9 Å². The Morgan fingerprint density at radius 1 is 1.47 bits per heavy atom. The van der Waals surface area contributed by atoms with Gasteiger partial charge in [-0.3, -0.25) is 9.98 Å². The second-order valence-electron chi connectivity index (χ2n) is 4.64. The molecule has 0 amide bonds. The third-order valence-corrected chi connectivity index (χ3v) is 3.39. The Hall–Kier alpha value is -1.77. The van der Waals surface area contributed by atoms with E-state index in [1.165, 1.54) is 6.33 Å². The van der Waals surface area contributed by atoms with Crippen molar-refractivity contribution in [3.63, 3.8) is 0 Å². The molecule has 0 aliphatic carbocycles. The molecule has 8 heteroatoms. The molecular formula is C11H15N5O3. The number of imidazole rings is 1. The Balaban J connectivity index is 2.03. The van der Waals surface area contributed by atoms with Gasteiger partial charge in [-0.25, -0.2) is 9.97 Å². The van der Waals surface area contributed by atoms with E-state index in [1.807, 2.05) is 0 Å². The van der Waals surface area contributed by atoms with E-state index in [2.05, 4.69) is 9.97 Å². The van der Waals surface area contributed by atoms with Crippen molar-refractivity contribution in [3.05, 3.63) is 18.1 Å². The van der Waals surface area contributed by atoms with Crippen LogP contribution in [0.15, 0.2) is 12.7 Å². The van der Waals surface area contributed by atoms with E-state index in [0.717, 1.165) is 0 Å². The minimum Gasteiger partial charge on any atom is -0.394 e. The number of nitrogens with zero attached hydrogens (tertiary/aromatic N) is 4. The first-order valence-corrected chi connectivity index (χ1v) is 5.99. The summed E-state index contributed by atoms with van der Waals surface area (Å²) in [6.07, 6.45) is 1.74. The maximum absolute atomic E-state index is 9.75. The van der Waals surface area contributed by atoms with Gasteiger partial charge in [-0.1, -0.05) is 0 Å². The molecule has 1 fully saturated rings. The van der Waals surface area contributed by atoms with Crippen LogP contribution < -0.4 is 5.49 Å². The van der Waals surface area contributed by atoms with Crippen LogP contribution in [0.25, 0.3) is 11.2 Å². The van der Waals surface area contributed by atoms with Gasteiger partial charge in [0, 0.05) is 13.5 Å². The standard InChI is InChI=1S/C11H15N5O3/c1-15-4-14-11-9(10(15)12)13-5-16(11)8-2-6(18)7(3-17)19-8/h4-8,12,17-18H,2-3H2,1H3/t6-,7-,8-/m1/s1. The molecule has 1 saturated heterocycles. The summed E-state index contributed by atoms with van der Waals surface area (Å²) in [5.74, 6) is 0. The van der Waals surface area contributed by atoms with Gasteiger partial charge in [-0.15, -0.1) is 0 Å². The molecule has 0 aromatic carbocycles. The average molecular weight is 265 g/mol. The molecule has 0 radical (unpaired) electrons. The van der Waals surface area contributed by atoms with Gasteiger partial charge in [-0.05, 0) is 0 Å². The van der Waals surface area contributed by atoms with Crippen LogP contribution in [0, 0.1) is 5.41 Å². The van der Waals surface area contributed by atoms with Gasteiger partial charge in [0.1, 0.15) is 17.8 Å². The molecule has 3 atom stereocenters. The number of aryl methyl sites for hydroxylation is 1. The first kappa shape index (κ1) is 12.3. The van der Waals surface area contributed by atoms with E-state index >= 15 is 0 Å². The highest BCUT2D eigenvalue weighted by Gasteiger charge is 2.35. The van der Waals surface area contributed by atoms with E-state index < -0.39 is 18.4 Å². The highest BCUT2D eigenvalue weighted by molar-refractivity contribution is 5.68. The summed E-state index contributed by atoms with van der Waals surface area (Å²) in [5, 5.41) is 26.7. The van der Waals surface area contributed by atoms with Gasteiger partial charge >= 0.3 is 0 Å². The van der Waals surface area contributed by atoms with E-state index in [4.69, 9.17) is 15.3 Å². The molecule has 102 valence electrons. The van der Waals surface area contributed by atoms with Crippen molar-refractivity contribution in [1.82, 2.24) is 19.1 Å². The van der Waals surface area contributed by atoms with Crippen LogP contribution >= 0.6 is 0 Å². The van der Waals surface area contributed by atoms with E-state index in [-0.39, 0.29) is 12.1 Å². The molecule has 2 aromatic heterocycles. The number of fused-ring (bicyclic) bond motifs is 1. The van der Waals surface area contributed by atoms with Crippen LogP contribution in [0.5, 0.6) is 0 Å². The third kappa shape index (κ3) is 1.84. The summed E-state index contributed by atoms with van der Waals surface area (Å²) in [4.78, 5) is 8.41. The normalized spacial score (nSPS) is 27.2. The lowest BCUT2D eigenvalue weighted by Crippen LogP contribution is -2.24. The Labute approximate surface area is 108 Å². The quantitative estimate of drug-likeness (QED) is 0.638. The van der Waals surface area contributed by atoms with Crippen LogP contribution in [0.2, 0.25) is 0 Å². The summed E-state index contributed by atoms with van der Waals surface area (Å²) >= 11 is 0. The molecule has 2 aromatic rings. The lowest BCUT2D eigenvalue weighted by Gasteiger charge is -2.13. The molecule has 1 aliphatic rings. The molecule has 3 rings (SSSR count). The molecule has 0 unspecified atom stereocenters. The van der Waals surface area contributed by atoms with Gasteiger partial charge in [0.2, 0.25) is 0 Å². The topological polar surface area (TPSA) is 109 Å². The summed E-state index contributed by atoms with van der Waals surface area (Å²) in [5.41, 5.74) is 1.29. The summed E-state index contributed by atoms with van der Waals surface area (Å²) < 4.78 is 8.82. The van der Waals surface area contributed by atoms with Crippen LogP contribution in [-0.2, 0) is 11.8 Å². The fourth-order valence-corrected chi connectivity index (χ4v) is 2.28. The highest BCUT2D eigenvalue weighted by Crippen LogP contribution is 2.29. The molecule has 19 heavy (non-hydrogen) atoms. The smallest absolute Gasteiger partial charge is 0.167 e. The van der Waals surface area contributed by atoms with Crippen LogP contribution in [0.1, 0.15) is 12.6 Å². The number of nitrogens with one attached hydrogen (secondary N) is 1. The molecule has 1 aliphatic heterocycles. The maximum atomic E-state index is 9.75. The number of rotatable bonds is 2. The largest absolute Gasteiger partial charge is 0.394 e. The zero-order chi connectivity index (χ0) is 13.6. The average Bonchev–Trinajstić information content (AvgIpc) is 2.97. The zero-order valence-electron chi connectivity index (χ0n) is 10.4. The third-order valence-electron chi connectivity index (χ3n) is 3.39. The van der Waals surface area contributed by atoms with Crippen LogP contribution in [-0.4, -0.2) is 48.1 Å². The fraction of sp³-hybridized carbons (Fsp3) is 0.545. The minimum atomic E-state index is -0.706. The van der Waals surface area contributed by atoms with Gasteiger partial charge in [0.05, 0.1) is 25.4 Å². The Bertz CT molecular complexity index is 664. The number of hydrogen-bond donors (Lipinski definition) is 3. The van der Waals surface area contributed by atoms with E-state index in [0.29, 0.717) is 17.6 Å². The number of ether oxygens (including phenoxy) is 1. The summed E-state index contributed by atoms with van der Waals surface area (Å²) in [6, 6.07) is 0. The first-order valence-electron chi connectivity index (χ1n) is 5.99. The molecule has 0 spiro atoms. The van der Waals surface area contributed by atoms with Crippen molar-refractivity contribution in [2.75, 3.05) is 6.61 Å². The van der Waals surface area contributed by atoms with Crippen molar-refractivity contribution in [1.29, 1.82) is 5.41 Å². The predicted octanol–water partition coefficient (Wildman–Crippen LogP) is -1.11. The Morgan fingerprint density at radius 3 is 2.95 bits per heavy atom. The van der Waals surface area contributed by atoms with Crippen molar-refractivity contribution in [3.8, 4) is 0 Å². The highest BCUT2D eigenvalue weighted by atomic mass is 16.5. The van der Waals surface area contributed by atoms with Crippen molar-refractivity contribution < 1.29 is 14.9 Å². The maximum Gasteiger partial charge on any atom is 0.167 e. The minimum absolute atomic E-state index is 0.226. The van der Waals surface area contributed by atoms with Gasteiger partial charge in [0.15, 0.2) is 11.1 Å². The van der Waals surface area contributed by atoms with E-state index in [1.54, 1.807) is 22.5 Å². The number of hydrogen-bond acceptors (Lipinski definition) is 6. The lowest BCUT2D eigenvalue weighted by atomic mass is 10.2. The first-order chi connectivity index (χ1) is 9.11. The van der Waals surface area contributed by atoms with Crippen LogP contribution in [0.3, 0.4) is 0 Å². The van der Waals surface area contributed by atoms with Gasteiger partial charge in [0.25, 0.3) is 0 Å². The van der Waals surface area contributed by atoms with Gasteiger partial charge < -0.3 is 19.5 Å². The molecule has 8 nitrogen and oxygen atoms in total. The summed E-state index contributed by atoms with van der Waals surface area (Å²) in [7, 11) is 1.73. The Morgan fingerprint density at radius 2 is 2.26 bits per heavy atom. The molecule has 3 N–H and O–H groups in total. The lowest BCUT2D eigenvalue weighted by molar-refractivity contribution is -0.0432. The number of aliphatic hydroxyl groups is 2. The second-order valence-corrected chi connectivity index (χ2v) is 4.64. The number of aromatic nitrogens is 4. The SMILES string of the molecule is Cn1cnc2c(ncn2[C@H]2C[C@@H](O)[C@@H](CO)O2)c1=N. The predicted molar refractivity (Wildman–Crippen MR) is 64.0 cm³/mol. The van der Waals surface area contributed by atoms with Crippen molar-refractivity contribution in [2.24, 2.45) is 7.05 Å². The van der Waals surface area contributed by atoms with Crippen LogP contribution in [0.4, 0.5) is 0 Å². The summed E-state index contributed by atoms with van der Waals surface area (Å²) in [6.45, 7) is -0.226. The molecule has 0 bridgehead atoms. The number of aliphatic hydroxyl groups excluding tert-OH is 2. The monoisotopic (exact) mass is 265 g/mol. The van der Waals surface area contributed by atoms with E-state index in [9.17, 15) is 5.11 Å².